The number of sulfonamides is 1. The number of hydrogen-bond acceptors (Lipinski definition) is 3. The average molecular weight is 348 g/mol. The van der Waals surface area contributed by atoms with Gasteiger partial charge in [-0.3, -0.25) is 0 Å². The molecule has 1 aliphatic rings. The maximum atomic E-state index is 12.4. The van der Waals surface area contributed by atoms with Gasteiger partial charge in [-0.25, -0.2) is 13.1 Å². The van der Waals surface area contributed by atoms with E-state index in [1.807, 2.05) is 6.92 Å². The zero-order chi connectivity index (χ0) is 13.9. The normalized spacial score (nSPS) is 19.3. The van der Waals surface area contributed by atoms with Crippen LogP contribution < -0.4 is 4.72 Å². The van der Waals surface area contributed by atoms with Gasteiger partial charge in [-0.2, -0.15) is 0 Å². The number of aryl methyl sites for hydroxylation is 1. The van der Waals surface area contributed by atoms with Crippen LogP contribution in [0.3, 0.4) is 0 Å². The molecule has 1 fully saturated rings. The third-order valence-corrected chi connectivity index (χ3v) is 6.06. The molecule has 2 rings (SSSR count). The van der Waals surface area contributed by atoms with Crippen LogP contribution in [0.4, 0.5) is 0 Å². The summed E-state index contributed by atoms with van der Waals surface area (Å²) in [7, 11) is -3.48. The summed E-state index contributed by atoms with van der Waals surface area (Å²) in [5.41, 5.74) is 0.599. The molecule has 1 N–H and O–H groups in total. The highest BCUT2D eigenvalue weighted by molar-refractivity contribution is 9.09. The Balaban J connectivity index is 2.22. The number of ether oxygens (including phenoxy) is 1. The highest BCUT2D eigenvalue weighted by Crippen LogP contribution is 2.25. The molecule has 0 amide bonds. The molecule has 0 atom stereocenters. The SMILES string of the molecule is Cc1ccc(S(=O)(=O)NC2(CBr)CCOCC2)cc1. The largest absolute Gasteiger partial charge is 0.381 e. The van der Waals surface area contributed by atoms with Crippen molar-refractivity contribution in [1.82, 2.24) is 4.72 Å². The Morgan fingerprint density at radius 2 is 1.84 bits per heavy atom. The topological polar surface area (TPSA) is 55.4 Å². The van der Waals surface area contributed by atoms with Crippen molar-refractivity contribution in [2.45, 2.75) is 30.2 Å². The van der Waals surface area contributed by atoms with Gasteiger partial charge in [-0.05, 0) is 31.9 Å². The van der Waals surface area contributed by atoms with Gasteiger partial charge in [0.15, 0.2) is 0 Å². The van der Waals surface area contributed by atoms with E-state index in [0.29, 0.717) is 36.3 Å². The van der Waals surface area contributed by atoms with Crippen LogP contribution in [0.25, 0.3) is 0 Å². The van der Waals surface area contributed by atoms with Crippen LogP contribution in [0.1, 0.15) is 18.4 Å². The van der Waals surface area contributed by atoms with E-state index in [1.165, 1.54) is 0 Å². The first-order valence-corrected chi connectivity index (χ1v) is 8.82. The lowest BCUT2D eigenvalue weighted by Crippen LogP contribution is -2.53. The molecule has 0 radical (unpaired) electrons. The summed E-state index contributed by atoms with van der Waals surface area (Å²) in [5.74, 6) is 0. The van der Waals surface area contributed by atoms with Crippen molar-refractivity contribution in [2.24, 2.45) is 0 Å². The Morgan fingerprint density at radius 3 is 2.37 bits per heavy atom. The van der Waals surface area contributed by atoms with Crippen LogP contribution in [0.5, 0.6) is 0 Å². The molecular formula is C13H18BrNO3S. The molecule has 0 saturated carbocycles. The van der Waals surface area contributed by atoms with Crippen molar-refractivity contribution in [3.63, 3.8) is 0 Å². The number of nitrogens with one attached hydrogen (secondary N) is 1. The van der Waals surface area contributed by atoms with Crippen LogP contribution in [0.2, 0.25) is 0 Å². The van der Waals surface area contributed by atoms with Crippen molar-refractivity contribution in [3.8, 4) is 0 Å². The summed E-state index contributed by atoms with van der Waals surface area (Å²) >= 11 is 3.42. The number of alkyl halides is 1. The lowest BCUT2D eigenvalue weighted by Gasteiger charge is -2.36. The van der Waals surface area contributed by atoms with Gasteiger partial charge in [0.2, 0.25) is 10.0 Å². The molecule has 1 aromatic rings. The minimum absolute atomic E-state index is 0.310. The zero-order valence-corrected chi connectivity index (χ0v) is 13.3. The van der Waals surface area contributed by atoms with Crippen molar-refractivity contribution < 1.29 is 13.2 Å². The second-order valence-corrected chi connectivity index (χ2v) is 7.19. The van der Waals surface area contributed by atoms with Gasteiger partial charge in [0, 0.05) is 24.1 Å². The standard InChI is InChI=1S/C13H18BrNO3S/c1-11-2-4-12(5-3-11)19(16,17)15-13(10-14)6-8-18-9-7-13/h2-5,15H,6-10H2,1H3. The Labute approximate surface area is 122 Å². The lowest BCUT2D eigenvalue weighted by molar-refractivity contribution is 0.0557. The first-order chi connectivity index (χ1) is 8.97. The summed E-state index contributed by atoms with van der Waals surface area (Å²) in [6.07, 6.45) is 1.37. The first-order valence-electron chi connectivity index (χ1n) is 6.22. The Morgan fingerprint density at radius 1 is 1.26 bits per heavy atom. The monoisotopic (exact) mass is 347 g/mol. The van der Waals surface area contributed by atoms with Gasteiger partial charge in [0.1, 0.15) is 0 Å². The summed E-state index contributed by atoms with van der Waals surface area (Å²) < 4.78 is 33.0. The van der Waals surface area contributed by atoms with E-state index in [0.717, 1.165) is 5.56 Å². The van der Waals surface area contributed by atoms with Crippen molar-refractivity contribution in [3.05, 3.63) is 29.8 Å². The minimum atomic E-state index is -3.48. The third kappa shape index (κ3) is 3.56. The molecular weight excluding hydrogens is 330 g/mol. The van der Waals surface area contributed by atoms with Gasteiger partial charge < -0.3 is 4.74 Å². The number of halogens is 1. The molecule has 19 heavy (non-hydrogen) atoms. The molecule has 0 bridgehead atoms. The molecule has 0 aliphatic carbocycles. The smallest absolute Gasteiger partial charge is 0.241 e. The molecule has 1 heterocycles. The van der Waals surface area contributed by atoms with E-state index >= 15 is 0 Å². The second kappa shape index (κ2) is 5.91. The maximum absolute atomic E-state index is 12.4. The summed E-state index contributed by atoms with van der Waals surface area (Å²) in [5, 5.41) is 0.592. The number of rotatable bonds is 4. The van der Waals surface area contributed by atoms with Crippen molar-refractivity contribution in [1.29, 1.82) is 0 Å². The molecule has 0 spiro atoms. The highest BCUT2D eigenvalue weighted by Gasteiger charge is 2.36. The van der Waals surface area contributed by atoms with Crippen LogP contribution in [0, 0.1) is 6.92 Å². The van der Waals surface area contributed by atoms with Crippen LogP contribution >= 0.6 is 15.9 Å². The van der Waals surface area contributed by atoms with Crippen LogP contribution in [0.15, 0.2) is 29.2 Å². The molecule has 1 aromatic carbocycles. The quantitative estimate of drug-likeness (QED) is 0.849. The number of benzene rings is 1. The molecule has 1 saturated heterocycles. The summed E-state index contributed by atoms with van der Waals surface area (Å²) in [4.78, 5) is 0.310. The van der Waals surface area contributed by atoms with Crippen LogP contribution in [-0.4, -0.2) is 32.5 Å². The van der Waals surface area contributed by atoms with E-state index in [4.69, 9.17) is 4.74 Å². The second-order valence-electron chi connectivity index (χ2n) is 4.94. The van der Waals surface area contributed by atoms with Crippen molar-refractivity contribution in [2.75, 3.05) is 18.5 Å². The van der Waals surface area contributed by atoms with Crippen LogP contribution in [-0.2, 0) is 14.8 Å². The molecule has 0 aromatic heterocycles. The average Bonchev–Trinajstić information content (AvgIpc) is 2.40. The van der Waals surface area contributed by atoms with E-state index in [2.05, 4.69) is 20.7 Å². The van der Waals surface area contributed by atoms with Crippen molar-refractivity contribution >= 4 is 26.0 Å². The van der Waals surface area contributed by atoms with Gasteiger partial charge >= 0.3 is 0 Å². The predicted molar refractivity (Wildman–Crippen MR) is 78.1 cm³/mol. The highest BCUT2D eigenvalue weighted by atomic mass is 79.9. The van der Waals surface area contributed by atoms with E-state index in [9.17, 15) is 8.42 Å². The zero-order valence-electron chi connectivity index (χ0n) is 10.9. The fourth-order valence-corrected chi connectivity index (χ4v) is 4.43. The van der Waals surface area contributed by atoms with Gasteiger partial charge in [-0.1, -0.05) is 33.6 Å². The molecule has 6 heteroatoms. The molecule has 0 unspecified atom stereocenters. The summed E-state index contributed by atoms with van der Waals surface area (Å²) in [6, 6.07) is 6.89. The maximum Gasteiger partial charge on any atom is 0.241 e. The number of hydrogen-bond donors (Lipinski definition) is 1. The predicted octanol–water partition coefficient (Wildman–Crippen LogP) is 2.22. The molecule has 4 nitrogen and oxygen atoms in total. The molecule has 1 aliphatic heterocycles. The summed E-state index contributed by atoms with van der Waals surface area (Å²) in [6.45, 7) is 3.10. The van der Waals surface area contributed by atoms with E-state index in [1.54, 1.807) is 24.3 Å². The van der Waals surface area contributed by atoms with E-state index < -0.39 is 15.6 Å². The fourth-order valence-electron chi connectivity index (χ4n) is 2.09. The minimum Gasteiger partial charge on any atom is -0.381 e. The van der Waals surface area contributed by atoms with E-state index in [-0.39, 0.29) is 0 Å². The van der Waals surface area contributed by atoms with Gasteiger partial charge in [0.05, 0.1) is 4.90 Å². The Bertz CT molecular complexity index is 521. The lowest BCUT2D eigenvalue weighted by atomic mass is 9.94. The first kappa shape index (κ1) is 15.0. The third-order valence-electron chi connectivity index (χ3n) is 3.39. The van der Waals surface area contributed by atoms with Gasteiger partial charge in [0.25, 0.3) is 0 Å². The molecule has 106 valence electrons. The fraction of sp³-hybridized carbons (Fsp3) is 0.538. The van der Waals surface area contributed by atoms with Gasteiger partial charge in [-0.15, -0.1) is 0 Å². The Hall–Kier alpha value is -0.430. The Kier molecular flexibility index (Phi) is 4.66.